The summed E-state index contributed by atoms with van der Waals surface area (Å²) >= 11 is 1.36. The Hall–Kier alpha value is -2.75. The summed E-state index contributed by atoms with van der Waals surface area (Å²) < 4.78 is 12.5. The number of nitrogens with zero attached hydrogens (tertiary/aromatic N) is 3. The van der Waals surface area contributed by atoms with Crippen LogP contribution in [0.15, 0.2) is 23.4 Å². The lowest BCUT2D eigenvalue weighted by Gasteiger charge is -2.22. The molecular weight excluding hydrogens is 442 g/mol. The molecule has 4 rings (SSSR count). The molecule has 33 heavy (non-hydrogen) atoms. The highest BCUT2D eigenvalue weighted by Gasteiger charge is 2.26. The molecule has 9 nitrogen and oxygen atoms in total. The minimum atomic E-state index is -0.342. The monoisotopic (exact) mass is 473 g/mol. The van der Waals surface area contributed by atoms with Gasteiger partial charge in [-0.05, 0) is 37.0 Å². The highest BCUT2D eigenvalue weighted by atomic mass is 32.2. The number of carbonyl (C=O) groups is 2. The van der Waals surface area contributed by atoms with Crippen molar-refractivity contribution in [2.45, 2.75) is 63.2 Å². The fourth-order valence-corrected chi connectivity index (χ4v) is 4.89. The first-order valence-corrected chi connectivity index (χ1v) is 12.4. The molecule has 10 heteroatoms. The third-order valence-corrected chi connectivity index (χ3v) is 7.06. The van der Waals surface area contributed by atoms with Crippen LogP contribution in [0, 0.1) is 5.92 Å². The maximum Gasteiger partial charge on any atom is 0.252 e. The zero-order chi connectivity index (χ0) is 23.4. The number of hydrogen-bond donors (Lipinski definition) is 2. The molecule has 0 spiro atoms. The Balaban J connectivity index is 1.38. The van der Waals surface area contributed by atoms with Gasteiger partial charge in [-0.2, -0.15) is 0 Å². The van der Waals surface area contributed by atoms with Gasteiger partial charge in [0.15, 0.2) is 22.5 Å². The van der Waals surface area contributed by atoms with Gasteiger partial charge in [-0.1, -0.05) is 44.9 Å². The lowest BCUT2D eigenvalue weighted by Crippen LogP contribution is -2.37. The second-order valence-corrected chi connectivity index (χ2v) is 9.80. The number of carbonyl (C=O) groups excluding carboxylic acids is 2. The molecule has 2 N–H and O–H groups in total. The number of fused-ring (bicyclic) bond motifs is 1. The van der Waals surface area contributed by atoms with Crippen molar-refractivity contribution >= 4 is 23.6 Å². The van der Waals surface area contributed by atoms with Crippen LogP contribution >= 0.6 is 11.8 Å². The molecule has 2 heterocycles. The van der Waals surface area contributed by atoms with Crippen LogP contribution in [0.4, 0.5) is 0 Å². The van der Waals surface area contributed by atoms with Gasteiger partial charge in [0.05, 0.1) is 11.8 Å². The summed E-state index contributed by atoms with van der Waals surface area (Å²) in [6.07, 6.45) is 5.73. The number of hydrogen-bond acceptors (Lipinski definition) is 7. The van der Waals surface area contributed by atoms with Crippen LogP contribution in [0.3, 0.4) is 0 Å². The molecule has 0 radical (unpaired) electrons. The molecule has 1 aromatic carbocycles. The van der Waals surface area contributed by atoms with Crippen LogP contribution in [0.1, 0.15) is 68.2 Å². The van der Waals surface area contributed by atoms with Crippen molar-refractivity contribution in [3.8, 4) is 11.5 Å². The lowest BCUT2D eigenvalue weighted by molar-refractivity contribution is -0.119. The number of amides is 2. The fourth-order valence-electron chi connectivity index (χ4n) is 4.16. The van der Waals surface area contributed by atoms with E-state index in [-0.39, 0.29) is 30.6 Å². The topological polar surface area (TPSA) is 107 Å². The van der Waals surface area contributed by atoms with Crippen molar-refractivity contribution in [3.05, 3.63) is 29.6 Å². The summed E-state index contributed by atoms with van der Waals surface area (Å²) in [5.41, 5.74) is 0.487. The smallest absolute Gasteiger partial charge is 0.252 e. The minimum Gasteiger partial charge on any atom is -0.454 e. The number of benzene rings is 1. The quantitative estimate of drug-likeness (QED) is 0.567. The van der Waals surface area contributed by atoms with Crippen LogP contribution in [0.25, 0.3) is 0 Å². The second kappa shape index (κ2) is 10.5. The first-order valence-electron chi connectivity index (χ1n) is 11.4. The van der Waals surface area contributed by atoms with E-state index in [1.807, 2.05) is 25.5 Å². The predicted molar refractivity (Wildman–Crippen MR) is 124 cm³/mol. The second-order valence-electron chi connectivity index (χ2n) is 8.85. The molecule has 2 amide bonds. The summed E-state index contributed by atoms with van der Waals surface area (Å²) in [5.74, 6) is 2.01. The Kier molecular flexibility index (Phi) is 7.42. The van der Waals surface area contributed by atoms with Crippen molar-refractivity contribution in [3.63, 3.8) is 0 Å². The van der Waals surface area contributed by atoms with Crippen molar-refractivity contribution < 1.29 is 19.1 Å². The van der Waals surface area contributed by atoms with E-state index in [1.165, 1.54) is 31.0 Å². The SMILES string of the molecule is CC(C)[C@@H](NC(=O)c1ccc2c(c1)OCO2)c1nnc(SCC(=O)NC2CCCCC2)n1C. The Morgan fingerprint density at radius 3 is 2.67 bits per heavy atom. The van der Waals surface area contributed by atoms with Gasteiger partial charge in [0.25, 0.3) is 5.91 Å². The van der Waals surface area contributed by atoms with Gasteiger partial charge in [0.2, 0.25) is 12.7 Å². The zero-order valence-corrected chi connectivity index (χ0v) is 20.1. The Morgan fingerprint density at radius 1 is 1.15 bits per heavy atom. The molecule has 1 saturated carbocycles. The number of thioether (sulfide) groups is 1. The van der Waals surface area contributed by atoms with Crippen LogP contribution in [0.2, 0.25) is 0 Å². The van der Waals surface area contributed by atoms with Gasteiger partial charge in [-0.3, -0.25) is 9.59 Å². The number of nitrogens with one attached hydrogen (secondary N) is 2. The molecule has 0 bridgehead atoms. The predicted octanol–water partition coefficient (Wildman–Crippen LogP) is 3.21. The van der Waals surface area contributed by atoms with Crippen molar-refractivity contribution in [2.75, 3.05) is 12.5 Å². The van der Waals surface area contributed by atoms with E-state index in [1.54, 1.807) is 18.2 Å². The largest absolute Gasteiger partial charge is 0.454 e. The van der Waals surface area contributed by atoms with Crippen LogP contribution in [0.5, 0.6) is 11.5 Å². The number of aromatic nitrogens is 3. The highest BCUT2D eigenvalue weighted by Crippen LogP contribution is 2.33. The van der Waals surface area contributed by atoms with Gasteiger partial charge < -0.3 is 24.7 Å². The minimum absolute atomic E-state index is 0.0213. The van der Waals surface area contributed by atoms with Gasteiger partial charge >= 0.3 is 0 Å². The van der Waals surface area contributed by atoms with E-state index >= 15 is 0 Å². The average Bonchev–Trinajstić information content (AvgIpc) is 3.42. The Morgan fingerprint density at radius 2 is 1.91 bits per heavy atom. The maximum absolute atomic E-state index is 12.9. The molecule has 0 saturated heterocycles. The van der Waals surface area contributed by atoms with E-state index in [2.05, 4.69) is 20.8 Å². The molecule has 2 aromatic rings. The molecule has 0 unspecified atom stereocenters. The third-order valence-electron chi connectivity index (χ3n) is 6.04. The first kappa shape index (κ1) is 23.4. The van der Waals surface area contributed by atoms with E-state index < -0.39 is 0 Å². The summed E-state index contributed by atoms with van der Waals surface area (Å²) in [4.78, 5) is 25.3. The van der Waals surface area contributed by atoms with Gasteiger partial charge in [-0.15, -0.1) is 10.2 Å². The van der Waals surface area contributed by atoms with Crippen molar-refractivity contribution in [2.24, 2.45) is 13.0 Å². The van der Waals surface area contributed by atoms with Crippen LogP contribution < -0.4 is 20.1 Å². The Bertz CT molecular complexity index is 1000. The summed E-state index contributed by atoms with van der Waals surface area (Å²) in [6.45, 7) is 4.19. The summed E-state index contributed by atoms with van der Waals surface area (Å²) in [5, 5.41) is 15.4. The molecule has 1 atom stereocenters. The normalized spacial score (nSPS) is 16.6. The van der Waals surface area contributed by atoms with E-state index in [9.17, 15) is 9.59 Å². The molecule has 2 aliphatic rings. The maximum atomic E-state index is 12.9. The number of rotatable bonds is 8. The van der Waals surface area contributed by atoms with Gasteiger partial charge in [0, 0.05) is 18.7 Å². The third kappa shape index (κ3) is 5.61. The summed E-state index contributed by atoms with van der Waals surface area (Å²) in [6, 6.07) is 5.07. The lowest BCUT2D eigenvalue weighted by atomic mass is 9.95. The average molecular weight is 474 g/mol. The fraction of sp³-hybridized carbons (Fsp3) is 0.565. The molecule has 1 aliphatic heterocycles. The van der Waals surface area contributed by atoms with Crippen LogP contribution in [-0.4, -0.2) is 45.2 Å². The van der Waals surface area contributed by atoms with E-state index in [0.717, 1.165) is 12.8 Å². The number of ether oxygens (including phenoxy) is 2. The molecular formula is C23H31N5O4S. The van der Waals surface area contributed by atoms with Crippen LogP contribution in [-0.2, 0) is 11.8 Å². The summed E-state index contributed by atoms with van der Waals surface area (Å²) in [7, 11) is 1.86. The first-order chi connectivity index (χ1) is 15.9. The zero-order valence-electron chi connectivity index (χ0n) is 19.3. The van der Waals surface area contributed by atoms with Gasteiger partial charge in [-0.25, -0.2) is 0 Å². The van der Waals surface area contributed by atoms with E-state index in [4.69, 9.17) is 9.47 Å². The highest BCUT2D eigenvalue weighted by molar-refractivity contribution is 7.99. The molecule has 178 valence electrons. The standard InChI is InChI=1S/C23H31N5O4S/c1-14(2)20(25-22(30)15-9-10-17-18(11-15)32-13-31-17)21-26-27-23(28(21)3)33-12-19(29)24-16-7-5-4-6-8-16/h9-11,14,16,20H,4-8,12-13H2,1-3H3,(H,24,29)(H,25,30)/t20-/m1/s1. The molecule has 1 fully saturated rings. The van der Waals surface area contributed by atoms with Gasteiger partial charge in [0.1, 0.15) is 0 Å². The molecule has 1 aliphatic carbocycles. The van der Waals surface area contributed by atoms with E-state index in [0.29, 0.717) is 39.8 Å². The molecule has 1 aromatic heterocycles. The Labute approximate surface area is 198 Å². The van der Waals surface area contributed by atoms with Crippen molar-refractivity contribution in [1.29, 1.82) is 0 Å². The van der Waals surface area contributed by atoms with Crippen molar-refractivity contribution in [1.82, 2.24) is 25.4 Å².